The van der Waals surface area contributed by atoms with E-state index < -0.39 is 0 Å². The van der Waals surface area contributed by atoms with Crippen molar-refractivity contribution in [2.24, 2.45) is 0 Å². The fourth-order valence-electron chi connectivity index (χ4n) is 1.52. The second kappa shape index (κ2) is 4.18. The first-order chi connectivity index (χ1) is 7.70. The van der Waals surface area contributed by atoms with Gasteiger partial charge < -0.3 is 10.5 Å². The molecule has 4 heteroatoms. The van der Waals surface area contributed by atoms with Gasteiger partial charge in [-0.05, 0) is 30.7 Å². The van der Waals surface area contributed by atoms with E-state index >= 15 is 0 Å². The lowest BCUT2D eigenvalue weighted by atomic mass is 10.1. The highest BCUT2D eigenvalue weighted by molar-refractivity contribution is 5.68. The second-order valence-corrected chi connectivity index (χ2v) is 3.51. The smallest absolute Gasteiger partial charge is 0.236 e. The maximum absolute atomic E-state index is 5.80. The van der Waals surface area contributed by atoms with Gasteiger partial charge in [-0.15, -0.1) is 0 Å². The lowest BCUT2D eigenvalue weighted by Crippen LogP contribution is -1.95. The molecule has 0 fully saturated rings. The molecular formula is C12H13N3O. The molecule has 2 rings (SSSR count). The van der Waals surface area contributed by atoms with Crippen LogP contribution < -0.4 is 10.5 Å². The molecule has 2 N–H and O–H groups in total. The Hall–Kier alpha value is -2.10. The summed E-state index contributed by atoms with van der Waals surface area (Å²) in [6.07, 6.45) is 3.51. The van der Waals surface area contributed by atoms with Gasteiger partial charge in [0.05, 0.1) is 12.8 Å². The van der Waals surface area contributed by atoms with Crippen molar-refractivity contribution in [3.05, 3.63) is 36.3 Å². The number of nitrogens with two attached hydrogens (primary N) is 1. The molecule has 0 bridgehead atoms. The third kappa shape index (κ3) is 1.95. The van der Waals surface area contributed by atoms with Crippen molar-refractivity contribution in [1.82, 2.24) is 9.97 Å². The van der Waals surface area contributed by atoms with Gasteiger partial charge in [-0.25, -0.2) is 4.98 Å². The van der Waals surface area contributed by atoms with E-state index in [1.54, 1.807) is 19.5 Å². The highest BCUT2D eigenvalue weighted by Gasteiger charge is 2.04. The van der Waals surface area contributed by atoms with Gasteiger partial charge in [-0.1, -0.05) is 0 Å². The molecule has 0 unspecified atom stereocenters. The molecule has 4 nitrogen and oxygen atoms in total. The lowest BCUT2D eigenvalue weighted by molar-refractivity contribution is 0.400. The van der Waals surface area contributed by atoms with Gasteiger partial charge in [0.1, 0.15) is 0 Å². The maximum Gasteiger partial charge on any atom is 0.236 e. The normalized spacial score (nSPS) is 10.1. The van der Waals surface area contributed by atoms with Crippen molar-refractivity contribution in [1.29, 1.82) is 0 Å². The number of anilines is 1. The van der Waals surface area contributed by atoms with E-state index in [-0.39, 0.29) is 0 Å². The fraction of sp³-hybridized carbons (Fsp3) is 0.167. The number of aryl methyl sites for hydroxylation is 1. The van der Waals surface area contributed by atoms with E-state index in [4.69, 9.17) is 10.5 Å². The predicted octanol–water partition coefficient (Wildman–Crippen LogP) is 2.04. The number of aromatic nitrogens is 2. The number of methoxy groups -OCH3 is 1. The van der Waals surface area contributed by atoms with Gasteiger partial charge in [0.2, 0.25) is 5.88 Å². The van der Waals surface area contributed by atoms with Crippen LogP contribution in [0.1, 0.15) is 5.69 Å². The van der Waals surface area contributed by atoms with Crippen LogP contribution in [0.4, 0.5) is 5.69 Å². The summed E-state index contributed by atoms with van der Waals surface area (Å²) in [5.74, 6) is 0.453. The number of ether oxygens (including phenoxy) is 1. The second-order valence-electron chi connectivity index (χ2n) is 3.51. The Morgan fingerprint density at radius 3 is 2.62 bits per heavy atom. The Morgan fingerprint density at radius 1 is 1.19 bits per heavy atom. The molecule has 2 aromatic rings. The van der Waals surface area contributed by atoms with Crippen molar-refractivity contribution in [2.45, 2.75) is 6.92 Å². The number of nitrogens with zero attached hydrogens (tertiary/aromatic N) is 2. The maximum atomic E-state index is 5.80. The standard InChI is InChI=1S/C12H13N3O/c1-8-5-9(3-4-14-8)10-6-11(13)12(16-2)15-7-10/h3-7H,13H2,1-2H3. The fourth-order valence-corrected chi connectivity index (χ4v) is 1.52. The van der Waals surface area contributed by atoms with Crippen LogP contribution >= 0.6 is 0 Å². The van der Waals surface area contributed by atoms with Crippen LogP contribution in [0, 0.1) is 6.92 Å². The summed E-state index contributed by atoms with van der Waals surface area (Å²) in [6, 6.07) is 5.76. The van der Waals surface area contributed by atoms with Crippen molar-refractivity contribution in [3.63, 3.8) is 0 Å². The van der Waals surface area contributed by atoms with Crippen LogP contribution in [0.15, 0.2) is 30.6 Å². The number of hydrogen-bond donors (Lipinski definition) is 1. The highest BCUT2D eigenvalue weighted by atomic mass is 16.5. The largest absolute Gasteiger partial charge is 0.480 e. The summed E-state index contributed by atoms with van der Waals surface area (Å²) < 4.78 is 5.01. The van der Waals surface area contributed by atoms with Crippen LogP contribution in [-0.2, 0) is 0 Å². The first-order valence-corrected chi connectivity index (χ1v) is 4.93. The number of hydrogen-bond acceptors (Lipinski definition) is 4. The summed E-state index contributed by atoms with van der Waals surface area (Å²) in [6.45, 7) is 1.95. The van der Waals surface area contributed by atoms with E-state index in [1.165, 1.54) is 0 Å². The van der Waals surface area contributed by atoms with Gasteiger partial charge in [0.25, 0.3) is 0 Å². The van der Waals surface area contributed by atoms with E-state index in [1.807, 2.05) is 25.1 Å². The lowest BCUT2D eigenvalue weighted by Gasteiger charge is -2.06. The third-order valence-electron chi connectivity index (χ3n) is 2.30. The zero-order chi connectivity index (χ0) is 11.5. The Balaban J connectivity index is 2.45. The molecule has 0 aromatic carbocycles. The zero-order valence-corrected chi connectivity index (χ0v) is 9.27. The van der Waals surface area contributed by atoms with Crippen molar-refractivity contribution >= 4 is 5.69 Å². The Kier molecular flexibility index (Phi) is 2.72. The summed E-state index contributed by atoms with van der Waals surface area (Å²) >= 11 is 0. The average Bonchev–Trinajstić information content (AvgIpc) is 2.29. The summed E-state index contributed by atoms with van der Waals surface area (Å²) in [7, 11) is 1.55. The Labute approximate surface area is 94.1 Å². The van der Waals surface area contributed by atoms with Crippen LogP contribution in [0.5, 0.6) is 5.88 Å². The summed E-state index contributed by atoms with van der Waals surface area (Å²) in [5, 5.41) is 0. The van der Waals surface area contributed by atoms with Crippen molar-refractivity contribution in [2.75, 3.05) is 12.8 Å². The summed E-state index contributed by atoms with van der Waals surface area (Å²) in [4.78, 5) is 8.28. The van der Waals surface area contributed by atoms with Crippen LogP contribution in [0.25, 0.3) is 11.1 Å². The molecule has 0 saturated heterocycles. The molecule has 0 aliphatic rings. The highest BCUT2D eigenvalue weighted by Crippen LogP contribution is 2.25. The summed E-state index contributed by atoms with van der Waals surface area (Å²) in [5.41, 5.74) is 9.32. The molecule has 0 atom stereocenters. The molecule has 0 amide bonds. The molecule has 16 heavy (non-hydrogen) atoms. The van der Waals surface area contributed by atoms with Gasteiger partial charge in [-0.2, -0.15) is 0 Å². The number of nitrogen functional groups attached to an aromatic ring is 1. The first kappa shape index (κ1) is 10.4. The molecule has 0 radical (unpaired) electrons. The zero-order valence-electron chi connectivity index (χ0n) is 9.27. The first-order valence-electron chi connectivity index (χ1n) is 4.93. The molecule has 2 heterocycles. The predicted molar refractivity (Wildman–Crippen MR) is 63.2 cm³/mol. The SMILES string of the molecule is COc1ncc(-c2ccnc(C)c2)cc1N. The Morgan fingerprint density at radius 2 is 2.00 bits per heavy atom. The van der Waals surface area contributed by atoms with Crippen LogP contribution in [-0.4, -0.2) is 17.1 Å². The van der Waals surface area contributed by atoms with Crippen LogP contribution in [0.2, 0.25) is 0 Å². The quantitative estimate of drug-likeness (QED) is 0.832. The molecule has 0 spiro atoms. The van der Waals surface area contributed by atoms with Gasteiger partial charge in [0.15, 0.2) is 0 Å². The van der Waals surface area contributed by atoms with E-state index in [2.05, 4.69) is 9.97 Å². The minimum Gasteiger partial charge on any atom is -0.480 e. The third-order valence-corrected chi connectivity index (χ3v) is 2.30. The van der Waals surface area contributed by atoms with Crippen molar-refractivity contribution in [3.8, 4) is 17.0 Å². The average molecular weight is 215 g/mol. The van der Waals surface area contributed by atoms with E-state index in [0.29, 0.717) is 11.6 Å². The molecule has 0 saturated carbocycles. The minimum absolute atomic E-state index is 0.453. The molecule has 0 aliphatic heterocycles. The topological polar surface area (TPSA) is 61.0 Å². The molecule has 2 aromatic heterocycles. The van der Waals surface area contributed by atoms with Gasteiger partial charge in [-0.3, -0.25) is 4.98 Å². The van der Waals surface area contributed by atoms with Gasteiger partial charge >= 0.3 is 0 Å². The molecule has 0 aliphatic carbocycles. The minimum atomic E-state index is 0.453. The molecule has 82 valence electrons. The number of pyridine rings is 2. The van der Waals surface area contributed by atoms with Crippen LogP contribution in [0.3, 0.4) is 0 Å². The van der Waals surface area contributed by atoms with E-state index in [9.17, 15) is 0 Å². The molecular weight excluding hydrogens is 202 g/mol. The van der Waals surface area contributed by atoms with Gasteiger partial charge in [0, 0.05) is 23.7 Å². The Bertz CT molecular complexity index is 511. The number of rotatable bonds is 2. The monoisotopic (exact) mass is 215 g/mol. The van der Waals surface area contributed by atoms with E-state index in [0.717, 1.165) is 16.8 Å². The van der Waals surface area contributed by atoms with Crippen molar-refractivity contribution < 1.29 is 4.74 Å².